The van der Waals surface area contributed by atoms with Crippen LogP contribution in [0.15, 0.2) is 42.5 Å². The molecule has 0 bridgehead atoms. The molecule has 0 aliphatic rings. The third-order valence-electron chi connectivity index (χ3n) is 4.18. The van der Waals surface area contributed by atoms with Crippen molar-refractivity contribution in [2.24, 2.45) is 0 Å². The van der Waals surface area contributed by atoms with Gasteiger partial charge in [-0.05, 0) is 48.4 Å². The zero-order valence-electron chi connectivity index (χ0n) is 17.9. The predicted octanol–water partition coefficient (Wildman–Crippen LogP) is 3.71. The molecule has 0 heterocycles. The van der Waals surface area contributed by atoms with Crippen molar-refractivity contribution < 1.29 is 33.3 Å². The standard InChI is InChI=1S/C23H25NO7/c1-5-12-31-19-10-6-15(13-20(19)28-2)7-11-21(25)24-18-14-16(22(26)29-3)8-9-17(18)23(27)30-4/h6-11,13-14H,5,12H2,1-4H3,(H,24,25)/b11-7+. The minimum absolute atomic E-state index is 0.107. The van der Waals surface area contributed by atoms with Crippen molar-refractivity contribution in [3.8, 4) is 11.5 Å². The van der Waals surface area contributed by atoms with Gasteiger partial charge in [0.15, 0.2) is 11.5 Å². The molecule has 0 spiro atoms. The fourth-order valence-corrected chi connectivity index (χ4v) is 2.65. The average Bonchev–Trinajstić information content (AvgIpc) is 2.80. The fraction of sp³-hybridized carbons (Fsp3) is 0.261. The Morgan fingerprint density at radius 3 is 2.32 bits per heavy atom. The van der Waals surface area contributed by atoms with E-state index >= 15 is 0 Å². The van der Waals surface area contributed by atoms with Crippen LogP contribution >= 0.6 is 0 Å². The van der Waals surface area contributed by atoms with Crippen LogP contribution in [0.1, 0.15) is 39.6 Å². The second kappa shape index (κ2) is 11.4. The molecule has 0 unspecified atom stereocenters. The van der Waals surface area contributed by atoms with E-state index in [-0.39, 0.29) is 16.8 Å². The minimum Gasteiger partial charge on any atom is -0.493 e. The van der Waals surface area contributed by atoms with Gasteiger partial charge in [0.2, 0.25) is 5.91 Å². The molecule has 0 fully saturated rings. The monoisotopic (exact) mass is 427 g/mol. The topological polar surface area (TPSA) is 100 Å². The van der Waals surface area contributed by atoms with E-state index in [1.807, 2.05) is 6.92 Å². The number of carbonyl (C=O) groups is 3. The SMILES string of the molecule is CCCOc1ccc(/C=C/C(=O)Nc2cc(C(=O)OC)ccc2C(=O)OC)cc1OC. The summed E-state index contributed by atoms with van der Waals surface area (Å²) in [4.78, 5) is 36.2. The summed E-state index contributed by atoms with van der Waals surface area (Å²) >= 11 is 0. The highest BCUT2D eigenvalue weighted by molar-refractivity contribution is 6.07. The van der Waals surface area contributed by atoms with E-state index in [0.29, 0.717) is 23.7 Å². The molecule has 164 valence electrons. The lowest BCUT2D eigenvalue weighted by atomic mass is 10.1. The number of methoxy groups -OCH3 is 3. The fourth-order valence-electron chi connectivity index (χ4n) is 2.65. The van der Waals surface area contributed by atoms with Crippen LogP contribution in [0.4, 0.5) is 5.69 Å². The van der Waals surface area contributed by atoms with E-state index in [0.717, 1.165) is 6.42 Å². The van der Waals surface area contributed by atoms with Gasteiger partial charge in [-0.15, -0.1) is 0 Å². The highest BCUT2D eigenvalue weighted by Crippen LogP contribution is 2.28. The highest BCUT2D eigenvalue weighted by atomic mass is 16.5. The van der Waals surface area contributed by atoms with Gasteiger partial charge >= 0.3 is 11.9 Å². The van der Waals surface area contributed by atoms with E-state index in [9.17, 15) is 14.4 Å². The van der Waals surface area contributed by atoms with Gasteiger partial charge in [0.25, 0.3) is 0 Å². The number of amides is 1. The molecule has 0 atom stereocenters. The van der Waals surface area contributed by atoms with Gasteiger partial charge in [-0.25, -0.2) is 9.59 Å². The Labute approximate surface area is 180 Å². The smallest absolute Gasteiger partial charge is 0.339 e. The highest BCUT2D eigenvalue weighted by Gasteiger charge is 2.16. The van der Waals surface area contributed by atoms with Crippen molar-refractivity contribution in [1.29, 1.82) is 0 Å². The molecule has 31 heavy (non-hydrogen) atoms. The number of carbonyl (C=O) groups excluding carboxylic acids is 3. The van der Waals surface area contributed by atoms with Crippen molar-refractivity contribution in [3.63, 3.8) is 0 Å². The summed E-state index contributed by atoms with van der Waals surface area (Å²) in [5.41, 5.74) is 1.13. The van der Waals surface area contributed by atoms with Crippen LogP contribution in [-0.4, -0.2) is 45.8 Å². The first-order chi connectivity index (χ1) is 14.9. The quantitative estimate of drug-likeness (QED) is 0.481. The van der Waals surface area contributed by atoms with Gasteiger partial charge in [-0.2, -0.15) is 0 Å². The normalized spacial score (nSPS) is 10.5. The van der Waals surface area contributed by atoms with Crippen LogP contribution in [0, 0.1) is 0 Å². The molecule has 2 rings (SSSR count). The van der Waals surface area contributed by atoms with Crippen molar-refractivity contribution in [1.82, 2.24) is 0 Å². The number of hydrogen-bond acceptors (Lipinski definition) is 7. The largest absolute Gasteiger partial charge is 0.493 e. The number of hydrogen-bond donors (Lipinski definition) is 1. The van der Waals surface area contributed by atoms with Crippen LogP contribution in [0.2, 0.25) is 0 Å². The predicted molar refractivity (Wildman–Crippen MR) is 116 cm³/mol. The van der Waals surface area contributed by atoms with E-state index in [4.69, 9.17) is 14.2 Å². The van der Waals surface area contributed by atoms with Gasteiger partial charge in [0, 0.05) is 6.08 Å². The van der Waals surface area contributed by atoms with Gasteiger partial charge in [-0.3, -0.25) is 4.79 Å². The Kier molecular flexibility index (Phi) is 8.63. The maximum atomic E-state index is 12.4. The summed E-state index contributed by atoms with van der Waals surface area (Å²) < 4.78 is 20.4. The van der Waals surface area contributed by atoms with Crippen LogP contribution in [0.25, 0.3) is 6.08 Å². The third kappa shape index (κ3) is 6.33. The lowest BCUT2D eigenvalue weighted by molar-refractivity contribution is -0.111. The third-order valence-corrected chi connectivity index (χ3v) is 4.18. The van der Waals surface area contributed by atoms with Crippen molar-refractivity contribution >= 4 is 29.6 Å². The Morgan fingerprint density at radius 2 is 1.68 bits per heavy atom. The molecule has 0 aliphatic heterocycles. The maximum Gasteiger partial charge on any atom is 0.339 e. The van der Waals surface area contributed by atoms with E-state index in [2.05, 4.69) is 10.1 Å². The van der Waals surface area contributed by atoms with Crippen LogP contribution in [0.5, 0.6) is 11.5 Å². The molecule has 2 aromatic rings. The van der Waals surface area contributed by atoms with E-state index in [1.165, 1.54) is 45.6 Å². The molecule has 0 saturated carbocycles. The van der Waals surface area contributed by atoms with Gasteiger partial charge < -0.3 is 24.3 Å². The summed E-state index contributed by atoms with van der Waals surface area (Å²) in [6.07, 6.45) is 3.76. The summed E-state index contributed by atoms with van der Waals surface area (Å²) in [5, 5.41) is 2.59. The number of nitrogens with one attached hydrogen (secondary N) is 1. The van der Waals surface area contributed by atoms with Crippen molar-refractivity contribution in [2.75, 3.05) is 33.3 Å². The summed E-state index contributed by atoms with van der Waals surface area (Å²) in [6.45, 7) is 2.58. The number of anilines is 1. The van der Waals surface area contributed by atoms with Crippen molar-refractivity contribution in [3.05, 3.63) is 59.2 Å². The Hall–Kier alpha value is -3.81. The summed E-state index contributed by atoms with van der Waals surface area (Å²) in [6, 6.07) is 9.45. The van der Waals surface area contributed by atoms with E-state index < -0.39 is 17.8 Å². The number of benzene rings is 2. The second-order valence-corrected chi connectivity index (χ2v) is 6.32. The van der Waals surface area contributed by atoms with Gasteiger partial charge in [0.1, 0.15) is 0 Å². The lowest BCUT2D eigenvalue weighted by Gasteiger charge is -2.11. The Balaban J connectivity index is 2.22. The molecule has 0 saturated heterocycles. The molecular formula is C23H25NO7. The summed E-state index contributed by atoms with van der Waals surface area (Å²) in [7, 11) is 4.00. The molecule has 1 amide bonds. The van der Waals surface area contributed by atoms with Gasteiger partial charge in [-0.1, -0.05) is 13.0 Å². The zero-order chi connectivity index (χ0) is 22.8. The Morgan fingerprint density at radius 1 is 0.935 bits per heavy atom. The van der Waals surface area contributed by atoms with Crippen LogP contribution in [0.3, 0.4) is 0 Å². The molecule has 0 aliphatic carbocycles. The zero-order valence-corrected chi connectivity index (χ0v) is 17.9. The number of esters is 2. The number of rotatable bonds is 9. The minimum atomic E-state index is -0.650. The van der Waals surface area contributed by atoms with Gasteiger partial charge in [0.05, 0.1) is 44.8 Å². The molecule has 2 aromatic carbocycles. The van der Waals surface area contributed by atoms with Crippen molar-refractivity contribution in [2.45, 2.75) is 13.3 Å². The second-order valence-electron chi connectivity index (χ2n) is 6.32. The maximum absolute atomic E-state index is 12.4. The first kappa shape index (κ1) is 23.5. The first-order valence-corrected chi connectivity index (χ1v) is 9.54. The van der Waals surface area contributed by atoms with Crippen LogP contribution < -0.4 is 14.8 Å². The molecule has 1 N–H and O–H groups in total. The first-order valence-electron chi connectivity index (χ1n) is 9.54. The van der Waals surface area contributed by atoms with Crippen LogP contribution in [-0.2, 0) is 14.3 Å². The molecule has 8 nitrogen and oxygen atoms in total. The molecule has 0 aromatic heterocycles. The average molecular weight is 427 g/mol. The van der Waals surface area contributed by atoms with E-state index in [1.54, 1.807) is 24.3 Å². The Bertz CT molecular complexity index is 982. The molecular weight excluding hydrogens is 402 g/mol. The summed E-state index contributed by atoms with van der Waals surface area (Å²) in [5.74, 6) is -0.580. The lowest BCUT2D eigenvalue weighted by Crippen LogP contribution is -2.14. The number of ether oxygens (including phenoxy) is 4. The molecule has 0 radical (unpaired) electrons. The molecule has 8 heteroatoms.